The zero-order chi connectivity index (χ0) is 19.7. The summed E-state index contributed by atoms with van der Waals surface area (Å²) in [4.78, 5) is 18.9. The van der Waals surface area contributed by atoms with Gasteiger partial charge in [-0.05, 0) is 24.6 Å². The molecule has 1 aliphatic heterocycles. The highest BCUT2D eigenvalue weighted by Gasteiger charge is 2.35. The summed E-state index contributed by atoms with van der Waals surface area (Å²) < 4.78 is 16.1. The Kier molecular flexibility index (Phi) is 4.73. The number of benzene rings is 2. The third-order valence-electron chi connectivity index (χ3n) is 4.98. The minimum Gasteiger partial charge on any atom is -0.493 e. The van der Waals surface area contributed by atoms with E-state index in [4.69, 9.17) is 14.0 Å². The van der Waals surface area contributed by atoms with Crippen molar-refractivity contribution in [2.75, 3.05) is 25.7 Å². The molecule has 1 amide bonds. The lowest BCUT2D eigenvalue weighted by Gasteiger charge is -2.18. The largest absolute Gasteiger partial charge is 0.493 e. The molecule has 7 heteroatoms. The van der Waals surface area contributed by atoms with Crippen LogP contribution in [0.5, 0.6) is 11.5 Å². The Balaban J connectivity index is 1.57. The summed E-state index contributed by atoms with van der Waals surface area (Å²) in [5, 5.41) is 4.11. The van der Waals surface area contributed by atoms with Gasteiger partial charge in [0.25, 0.3) is 0 Å². The van der Waals surface area contributed by atoms with Crippen molar-refractivity contribution in [3.63, 3.8) is 0 Å². The van der Waals surface area contributed by atoms with Gasteiger partial charge in [-0.25, -0.2) is 0 Å². The number of ether oxygens (including phenoxy) is 2. The normalized spacial score (nSPS) is 16.5. The molecule has 0 saturated carbocycles. The molecule has 1 aliphatic rings. The van der Waals surface area contributed by atoms with Crippen LogP contribution >= 0.6 is 0 Å². The summed E-state index contributed by atoms with van der Waals surface area (Å²) in [6, 6.07) is 13.3. The number of aromatic nitrogens is 2. The van der Waals surface area contributed by atoms with Crippen molar-refractivity contribution >= 4 is 11.6 Å². The van der Waals surface area contributed by atoms with Crippen LogP contribution in [0.25, 0.3) is 11.4 Å². The fourth-order valence-corrected chi connectivity index (χ4v) is 3.45. The number of anilines is 1. The molecule has 0 aliphatic carbocycles. The first-order chi connectivity index (χ1) is 13.6. The Morgan fingerprint density at radius 1 is 1.11 bits per heavy atom. The van der Waals surface area contributed by atoms with Gasteiger partial charge in [0.1, 0.15) is 0 Å². The average Bonchev–Trinajstić information content (AvgIpc) is 3.34. The minimum absolute atomic E-state index is 0.00728. The molecule has 144 valence electrons. The summed E-state index contributed by atoms with van der Waals surface area (Å²) >= 11 is 0. The van der Waals surface area contributed by atoms with Crippen LogP contribution in [-0.2, 0) is 4.79 Å². The zero-order valence-electron chi connectivity index (χ0n) is 16.0. The number of rotatable bonds is 5. The smallest absolute Gasteiger partial charge is 0.232 e. The van der Waals surface area contributed by atoms with Crippen molar-refractivity contribution in [2.45, 2.75) is 19.3 Å². The van der Waals surface area contributed by atoms with Gasteiger partial charge < -0.3 is 18.9 Å². The van der Waals surface area contributed by atoms with E-state index in [0.717, 1.165) is 16.8 Å². The van der Waals surface area contributed by atoms with E-state index in [0.29, 0.717) is 36.2 Å². The van der Waals surface area contributed by atoms with Gasteiger partial charge in [-0.1, -0.05) is 29.4 Å². The molecule has 1 atom stereocenters. The van der Waals surface area contributed by atoms with E-state index in [2.05, 4.69) is 10.1 Å². The summed E-state index contributed by atoms with van der Waals surface area (Å²) in [6.45, 7) is 2.48. The molecule has 2 aromatic carbocycles. The number of nitrogens with zero attached hydrogens (tertiary/aromatic N) is 3. The number of carbonyl (C=O) groups excluding carboxylic acids is 1. The van der Waals surface area contributed by atoms with Crippen molar-refractivity contribution in [3.05, 3.63) is 53.9 Å². The van der Waals surface area contributed by atoms with Crippen molar-refractivity contribution in [1.29, 1.82) is 0 Å². The maximum Gasteiger partial charge on any atom is 0.232 e. The lowest BCUT2D eigenvalue weighted by atomic mass is 10.1. The first-order valence-electron chi connectivity index (χ1n) is 9.02. The average molecular weight is 379 g/mol. The monoisotopic (exact) mass is 379 g/mol. The van der Waals surface area contributed by atoms with Crippen molar-refractivity contribution in [1.82, 2.24) is 10.1 Å². The van der Waals surface area contributed by atoms with Crippen LogP contribution in [0.4, 0.5) is 5.69 Å². The number of carbonyl (C=O) groups is 1. The predicted octanol–water partition coefficient (Wildman–Crippen LogP) is 3.58. The van der Waals surface area contributed by atoms with Gasteiger partial charge in [0, 0.05) is 30.3 Å². The third kappa shape index (κ3) is 3.19. The Labute approximate surface area is 162 Å². The van der Waals surface area contributed by atoms with Gasteiger partial charge in [-0.15, -0.1) is 0 Å². The second-order valence-corrected chi connectivity index (χ2v) is 6.72. The number of amides is 1. The summed E-state index contributed by atoms with van der Waals surface area (Å²) in [6.07, 6.45) is 0.323. The fraction of sp³-hybridized carbons (Fsp3) is 0.286. The Morgan fingerprint density at radius 2 is 1.89 bits per heavy atom. The maximum atomic E-state index is 12.6. The number of hydrogen-bond donors (Lipinski definition) is 0. The minimum atomic E-state index is -0.147. The first-order valence-corrected chi connectivity index (χ1v) is 9.02. The van der Waals surface area contributed by atoms with Crippen LogP contribution in [-0.4, -0.2) is 36.8 Å². The fourth-order valence-electron chi connectivity index (χ4n) is 3.45. The van der Waals surface area contributed by atoms with Gasteiger partial charge in [0.05, 0.1) is 20.1 Å². The molecular formula is C21H21N3O4. The molecule has 0 radical (unpaired) electrons. The highest BCUT2D eigenvalue weighted by Crippen LogP contribution is 2.36. The van der Waals surface area contributed by atoms with E-state index in [1.54, 1.807) is 31.3 Å². The molecule has 28 heavy (non-hydrogen) atoms. The topological polar surface area (TPSA) is 77.7 Å². The van der Waals surface area contributed by atoms with Crippen LogP contribution in [0, 0.1) is 6.92 Å². The molecule has 2 heterocycles. The van der Waals surface area contributed by atoms with Crippen molar-refractivity contribution < 1.29 is 18.8 Å². The second-order valence-electron chi connectivity index (χ2n) is 6.72. The van der Waals surface area contributed by atoms with Crippen LogP contribution < -0.4 is 14.4 Å². The maximum absolute atomic E-state index is 12.6. The Hall–Kier alpha value is -3.35. The van der Waals surface area contributed by atoms with E-state index < -0.39 is 0 Å². The quantitative estimate of drug-likeness (QED) is 0.674. The van der Waals surface area contributed by atoms with Crippen molar-refractivity contribution in [2.24, 2.45) is 0 Å². The lowest BCUT2D eigenvalue weighted by molar-refractivity contribution is -0.117. The number of aryl methyl sites for hydroxylation is 1. The molecule has 0 N–H and O–H groups in total. The van der Waals surface area contributed by atoms with Crippen molar-refractivity contribution in [3.8, 4) is 22.9 Å². The van der Waals surface area contributed by atoms with Gasteiger partial charge in [-0.2, -0.15) is 4.98 Å². The molecular weight excluding hydrogens is 358 g/mol. The summed E-state index contributed by atoms with van der Waals surface area (Å²) in [7, 11) is 3.15. The SMILES string of the molecule is COc1ccc(N2C[C@@H](c3nc(-c4ccccc4C)no3)CC2=O)cc1OC. The highest BCUT2D eigenvalue weighted by atomic mass is 16.5. The standard InChI is InChI=1S/C21H21N3O4/c1-13-6-4-5-7-16(13)20-22-21(28-23-20)14-10-19(25)24(12-14)15-8-9-17(26-2)18(11-15)27-3/h4-9,11,14H,10,12H2,1-3H3/t14-/m0/s1. The van der Waals surface area contributed by atoms with Crippen LogP contribution in [0.1, 0.15) is 23.8 Å². The Bertz CT molecular complexity index is 1010. The molecule has 0 spiro atoms. The number of methoxy groups -OCH3 is 2. The lowest BCUT2D eigenvalue weighted by Crippen LogP contribution is -2.24. The molecule has 7 nitrogen and oxygen atoms in total. The zero-order valence-corrected chi connectivity index (χ0v) is 16.0. The molecule has 1 aromatic heterocycles. The summed E-state index contributed by atoms with van der Waals surface area (Å²) in [5.41, 5.74) is 2.76. The van der Waals surface area contributed by atoms with E-state index in [9.17, 15) is 4.79 Å². The van der Waals surface area contributed by atoms with E-state index in [1.807, 2.05) is 37.3 Å². The van der Waals surface area contributed by atoms with Crippen LogP contribution in [0.2, 0.25) is 0 Å². The summed E-state index contributed by atoms with van der Waals surface area (Å²) in [5.74, 6) is 2.09. The predicted molar refractivity (Wildman–Crippen MR) is 104 cm³/mol. The van der Waals surface area contributed by atoms with Gasteiger partial charge in [-0.3, -0.25) is 4.79 Å². The molecule has 1 fully saturated rings. The first kappa shape index (κ1) is 18.0. The molecule has 4 rings (SSSR count). The van der Waals surface area contributed by atoms with Gasteiger partial charge >= 0.3 is 0 Å². The molecule has 3 aromatic rings. The van der Waals surface area contributed by atoms with Gasteiger partial charge in [0.15, 0.2) is 11.5 Å². The van der Waals surface area contributed by atoms with Crippen LogP contribution in [0.3, 0.4) is 0 Å². The van der Waals surface area contributed by atoms with Crippen LogP contribution in [0.15, 0.2) is 47.0 Å². The molecule has 0 bridgehead atoms. The Morgan fingerprint density at radius 3 is 2.64 bits per heavy atom. The second kappa shape index (κ2) is 7.34. The molecule has 1 saturated heterocycles. The van der Waals surface area contributed by atoms with E-state index in [-0.39, 0.29) is 11.8 Å². The third-order valence-corrected chi connectivity index (χ3v) is 4.98. The van der Waals surface area contributed by atoms with E-state index >= 15 is 0 Å². The molecule has 0 unspecified atom stereocenters. The highest BCUT2D eigenvalue weighted by molar-refractivity contribution is 5.96. The van der Waals surface area contributed by atoms with E-state index in [1.165, 1.54) is 0 Å². The number of hydrogen-bond acceptors (Lipinski definition) is 6. The van der Waals surface area contributed by atoms with Gasteiger partial charge in [0.2, 0.25) is 17.6 Å².